The number of nitrogens with one attached hydrogen (secondary N) is 1. The van der Waals surface area contributed by atoms with E-state index in [2.05, 4.69) is 29.5 Å². The van der Waals surface area contributed by atoms with Crippen LogP contribution in [-0.4, -0.2) is 16.2 Å². The van der Waals surface area contributed by atoms with Crippen molar-refractivity contribution < 1.29 is 4.79 Å². The van der Waals surface area contributed by atoms with Crippen LogP contribution in [0.5, 0.6) is 0 Å². The predicted molar refractivity (Wildman–Crippen MR) is 66.4 cm³/mol. The van der Waals surface area contributed by atoms with Crippen molar-refractivity contribution in [2.24, 2.45) is 12.5 Å². The summed E-state index contributed by atoms with van der Waals surface area (Å²) in [5.41, 5.74) is 2.14. The molecular weight excluding hydrogens is 214 g/mol. The van der Waals surface area contributed by atoms with Gasteiger partial charge in [-0.3, -0.25) is 9.48 Å². The smallest absolute Gasteiger partial charge is 0.207 e. The molecule has 0 spiro atoms. The van der Waals surface area contributed by atoms with Gasteiger partial charge in [0, 0.05) is 18.7 Å². The molecule has 0 radical (unpaired) electrons. The maximum Gasteiger partial charge on any atom is 0.207 e. The van der Waals surface area contributed by atoms with Crippen molar-refractivity contribution >= 4 is 6.41 Å². The van der Waals surface area contributed by atoms with Crippen LogP contribution in [0.3, 0.4) is 0 Å². The molecule has 17 heavy (non-hydrogen) atoms. The summed E-state index contributed by atoms with van der Waals surface area (Å²) in [5, 5.41) is 7.43. The zero-order chi connectivity index (χ0) is 12.5. The molecule has 2 rings (SSSR count). The molecule has 0 saturated carbocycles. The van der Waals surface area contributed by atoms with Crippen LogP contribution in [0.25, 0.3) is 0 Å². The largest absolute Gasteiger partial charge is 0.350 e. The summed E-state index contributed by atoms with van der Waals surface area (Å²) in [5.74, 6) is 0. The Balaban J connectivity index is 2.35. The van der Waals surface area contributed by atoms with Crippen molar-refractivity contribution in [2.45, 2.75) is 32.7 Å². The number of aryl methyl sites for hydroxylation is 2. The molecule has 1 aliphatic carbocycles. The second-order valence-corrected chi connectivity index (χ2v) is 5.12. The molecular formula is C13H19N3O. The Morgan fingerprint density at radius 2 is 2.18 bits per heavy atom. The molecule has 1 aromatic heterocycles. The molecule has 1 aliphatic rings. The first kappa shape index (κ1) is 11.9. The average molecular weight is 233 g/mol. The van der Waals surface area contributed by atoms with Crippen LogP contribution in [0.2, 0.25) is 0 Å². The average Bonchev–Trinajstić information content (AvgIpc) is 2.83. The highest BCUT2D eigenvalue weighted by molar-refractivity contribution is 5.48. The fourth-order valence-corrected chi connectivity index (χ4v) is 2.61. The number of amides is 1. The minimum Gasteiger partial charge on any atom is -0.350 e. The Hall–Kier alpha value is -1.58. The number of nitrogens with zero attached hydrogens (tertiary/aromatic N) is 2. The van der Waals surface area contributed by atoms with Crippen molar-refractivity contribution in [1.29, 1.82) is 0 Å². The highest BCUT2D eigenvalue weighted by Gasteiger charge is 2.37. The van der Waals surface area contributed by atoms with E-state index in [-0.39, 0.29) is 11.5 Å². The van der Waals surface area contributed by atoms with Crippen molar-refractivity contribution in [2.75, 3.05) is 0 Å². The van der Waals surface area contributed by atoms with Gasteiger partial charge in [-0.15, -0.1) is 0 Å². The summed E-state index contributed by atoms with van der Waals surface area (Å²) in [4.78, 5) is 10.8. The number of hydrogen-bond donors (Lipinski definition) is 1. The fraction of sp³-hybridized carbons (Fsp3) is 0.538. The Morgan fingerprint density at radius 3 is 2.65 bits per heavy atom. The summed E-state index contributed by atoms with van der Waals surface area (Å²) in [6, 6.07) is -0.0174. The van der Waals surface area contributed by atoms with E-state index in [4.69, 9.17) is 0 Å². The predicted octanol–water partition coefficient (Wildman–Crippen LogP) is 1.87. The molecule has 1 heterocycles. The molecule has 1 amide bonds. The van der Waals surface area contributed by atoms with Gasteiger partial charge in [-0.1, -0.05) is 19.1 Å². The summed E-state index contributed by atoms with van der Waals surface area (Å²) < 4.78 is 1.80. The SMILES string of the molecule is Cc1cn(C)nc1C(NC=O)C1(C)CC=CC1. The van der Waals surface area contributed by atoms with Gasteiger partial charge in [0.05, 0.1) is 11.7 Å². The Bertz CT molecular complexity index is 440. The molecule has 0 bridgehead atoms. The third-order valence-electron chi connectivity index (χ3n) is 3.59. The molecule has 4 heteroatoms. The van der Waals surface area contributed by atoms with Crippen molar-refractivity contribution in [3.63, 3.8) is 0 Å². The molecule has 1 atom stereocenters. The van der Waals surface area contributed by atoms with E-state index in [0.29, 0.717) is 0 Å². The summed E-state index contributed by atoms with van der Waals surface area (Å²) in [7, 11) is 1.91. The van der Waals surface area contributed by atoms with Gasteiger partial charge in [0.15, 0.2) is 0 Å². The maximum atomic E-state index is 10.8. The Morgan fingerprint density at radius 1 is 1.53 bits per heavy atom. The van der Waals surface area contributed by atoms with Gasteiger partial charge in [0.2, 0.25) is 6.41 Å². The van der Waals surface area contributed by atoms with Crippen molar-refractivity contribution in [1.82, 2.24) is 15.1 Å². The second-order valence-electron chi connectivity index (χ2n) is 5.12. The zero-order valence-electron chi connectivity index (χ0n) is 10.6. The third kappa shape index (κ3) is 2.12. The van der Waals surface area contributed by atoms with Gasteiger partial charge in [0.1, 0.15) is 0 Å². The zero-order valence-corrected chi connectivity index (χ0v) is 10.6. The molecule has 1 N–H and O–H groups in total. The highest BCUT2D eigenvalue weighted by atomic mass is 16.1. The number of allylic oxidation sites excluding steroid dienone is 2. The Labute approximate surface area is 102 Å². The third-order valence-corrected chi connectivity index (χ3v) is 3.59. The standard InChI is InChI=1S/C13H19N3O/c1-10-8-16(3)15-11(10)12(14-9-17)13(2)6-4-5-7-13/h4-5,8-9,12H,6-7H2,1-3H3,(H,14,17). The van der Waals surface area contributed by atoms with E-state index in [1.54, 1.807) is 4.68 Å². The van der Waals surface area contributed by atoms with E-state index in [1.165, 1.54) is 0 Å². The van der Waals surface area contributed by atoms with Gasteiger partial charge in [-0.2, -0.15) is 5.10 Å². The van der Waals surface area contributed by atoms with Crippen LogP contribution in [0.15, 0.2) is 18.3 Å². The first-order chi connectivity index (χ1) is 8.07. The molecule has 4 nitrogen and oxygen atoms in total. The lowest BCUT2D eigenvalue weighted by atomic mass is 9.78. The van der Waals surface area contributed by atoms with E-state index in [1.807, 2.05) is 20.2 Å². The highest BCUT2D eigenvalue weighted by Crippen LogP contribution is 2.44. The number of aromatic nitrogens is 2. The summed E-state index contributed by atoms with van der Waals surface area (Å²) in [6.45, 7) is 4.23. The molecule has 92 valence electrons. The van der Waals surface area contributed by atoms with Gasteiger partial charge >= 0.3 is 0 Å². The van der Waals surface area contributed by atoms with Gasteiger partial charge in [0.25, 0.3) is 0 Å². The molecule has 0 fully saturated rings. The summed E-state index contributed by atoms with van der Waals surface area (Å²) in [6.07, 6.45) is 9.08. The maximum absolute atomic E-state index is 10.8. The molecule has 1 aromatic rings. The summed E-state index contributed by atoms with van der Waals surface area (Å²) >= 11 is 0. The quantitative estimate of drug-likeness (QED) is 0.637. The molecule has 0 aromatic carbocycles. The normalized spacial score (nSPS) is 19.2. The van der Waals surface area contributed by atoms with Gasteiger partial charge in [-0.05, 0) is 25.3 Å². The van der Waals surface area contributed by atoms with E-state index in [9.17, 15) is 4.79 Å². The fourth-order valence-electron chi connectivity index (χ4n) is 2.61. The minimum atomic E-state index is -0.0174. The Kier molecular flexibility index (Phi) is 3.05. The van der Waals surface area contributed by atoms with Crippen LogP contribution < -0.4 is 5.32 Å². The van der Waals surface area contributed by atoms with Gasteiger partial charge < -0.3 is 5.32 Å². The number of rotatable bonds is 4. The number of carbonyl (C=O) groups is 1. The monoisotopic (exact) mass is 233 g/mol. The first-order valence-electron chi connectivity index (χ1n) is 5.92. The van der Waals surface area contributed by atoms with Gasteiger partial charge in [-0.25, -0.2) is 0 Å². The van der Waals surface area contributed by atoms with E-state index in [0.717, 1.165) is 30.5 Å². The van der Waals surface area contributed by atoms with Crippen LogP contribution in [0, 0.1) is 12.3 Å². The van der Waals surface area contributed by atoms with E-state index >= 15 is 0 Å². The lowest BCUT2D eigenvalue weighted by Crippen LogP contribution is -2.34. The van der Waals surface area contributed by atoms with Crippen LogP contribution in [-0.2, 0) is 11.8 Å². The minimum absolute atomic E-state index is 0.0174. The lowest BCUT2D eigenvalue weighted by Gasteiger charge is -2.33. The molecule has 0 aliphatic heterocycles. The topological polar surface area (TPSA) is 46.9 Å². The van der Waals surface area contributed by atoms with Crippen LogP contribution >= 0.6 is 0 Å². The molecule has 0 saturated heterocycles. The number of hydrogen-bond acceptors (Lipinski definition) is 2. The first-order valence-corrected chi connectivity index (χ1v) is 5.92. The van der Waals surface area contributed by atoms with Crippen LogP contribution in [0.4, 0.5) is 0 Å². The van der Waals surface area contributed by atoms with E-state index < -0.39 is 0 Å². The van der Waals surface area contributed by atoms with Crippen molar-refractivity contribution in [3.05, 3.63) is 29.6 Å². The molecule has 1 unspecified atom stereocenters. The van der Waals surface area contributed by atoms with Crippen molar-refractivity contribution in [3.8, 4) is 0 Å². The lowest BCUT2D eigenvalue weighted by molar-refractivity contribution is -0.111. The second kappa shape index (κ2) is 4.35. The number of carbonyl (C=O) groups excluding carboxylic acids is 1. The van der Waals surface area contributed by atoms with Crippen LogP contribution in [0.1, 0.15) is 37.1 Å².